The number of ether oxygens (including phenoxy) is 1. The molecule has 3 heterocycles. The molecule has 0 bridgehead atoms. The van der Waals surface area contributed by atoms with Crippen LogP contribution in [0.3, 0.4) is 0 Å². The first-order valence-electron chi connectivity index (χ1n) is 10.4. The van der Waals surface area contributed by atoms with Crippen LogP contribution in [0, 0.1) is 0 Å². The average Bonchev–Trinajstić information content (AvgIpc) is 3.04. The zero-order valence-corrected chi connectivity index (χ0v) is 18.4. The van der Waals surface area contributed by atoms with Crippen LogP contribution in [0.5, 0.6) is 5.75 Å². The van der Waals surface area contributed by atoms with Crippen molar-refractivity contribution in [2.24, 2.45) is 7.05 Å². The Morgan fingerprint density at radius 2 is 1.84 bits per heavy atom. The summed E-state index contributed by atoms with van der Waals surface area (Å²) >= 11 is 5.92. The number of aryl methyl sites for hydroxylation is 1. The van der Waals surface area contributed by atoms with Crippen LogP contribution < -0.4 is 10.3 Å². The molecule has 0 fully saturated rings. The summed E-state index contributed by atoms with van der Waals surface area (Å²) < 4.78 is 9.73. The Morgan fingerprint density at radius 1 is 1.03 bits per heavy atom. The van der Waals surface area contributed by atoms with Gasteiger partial charge in [-0.2, -0.15) is 0 Å². The number of aromatic nitrogens is 2. The maximum Gasteiger partial charge on any atom is 0.258 e. The minimum Gasteiger partial charge on any atom is -0.489 e. The number of pyridine rings is 1. The average molecular weight is 434 g/mol. The van der Waals surface area contributed by atoms with Crippen LogP contribution in [0.15, 0.2) is 65.6 Å². The Morgan fingerprint density at radius 3 is 2.61 bits per heavy atom. The van der Waals surface area contributed by atoms with E-state index < -0.39 is 0 Å². The van der Waals surface area contributed by atoms with Crippen LogP contribution in [-0.4, -0.2) is 27.6 Å². The SMILES string of the molecule is CN1CCc2c(c3ccc(-n4ccc(OCc5ccc(Cl)cc5)cc4=O)cc3n2C)C1. The van der Waals surface area contributed by atoms with Gasteiger partial charge in [-0.1, -0.05) is 29.8 Å². The summed E-state index contributed by atoms with van der Waals surface area (Å²) in [6.07, 6.45) is 2.82. The lowest BCUT2D eigenvalue weighted by Crippen LogP contribution is -2.26. The van der Waals surface area contributed by atoms with Gasteiger partial charge in [-0.15, -0.1) is 0 Å². The summed E-state index contributed by atoms with van der Waals surface area (Å²) in [5, 5.41) is 1.96. The van der Waals surface area contributed by atoms with Crippen LogP contribution >= 0.6 is 11.6 Å². The number of nitrogens with zero attached hydrogens (tertiary/aromatic N) is 3. The minimum absolute atomic E-state index is 0.119. The third-order valence-electron chi connectivity index (χ3n) is 6.07. The van der Waals surface area contributed by atoms with Gasteiger partial charge in [0.15, 0.2) is 0 Å². The molecule has 0 atom stereocenters. The van der Waals surface area contributed by atoms with E-state index in [9.17, 15) is 4.79 Å². The van der Waals surface area contributed by atoms with Crippen molar-refractivity contribution in [1.29, 1.82) is 0 Å². The molecule has 1 aliphatic rings. The van der Waals surface area contributed by atoms with Crippen molar-refractivity contribution in [2.45, 2.75) is 19.6 Å². The molecule has 6 heteroatoms. The van der Waals surface area contributed by atoms with E-state index in [4.69, 9.17) is 16.3 Å². The van der Waals surface area contributed by atoms with Gasteiger partial charge in [0, 0.05) is 54.9 Å². The quantitative estimate of drug-likeness (QED) is 0.474. The Labute approximate surface area is 186 Å². The van der Waals surface area contributed by atoms with Crippen LogP contribution in [0.2, 0.25) is 5.02 Å². The lowest BCUT2D eigenvalue weighted by atomic mass is 10.0. The summed E-state index contributed by atoms with van der Waals surface area (Å²) in [6, 6.07) is 17.1. The Kier molecular flexibility index (Phi) is 5.08. The van der Waals surface area contributed by atoms with Crippen molar-refractivity contribution in [3.05, 3.63) is 93.0 Å². The lowest BCUT2D eigenvalue weighted by Gasteiger charge is -2.23. The molecule has 0 amide bonds. The van der Waals surface area contributed by atoms with Crippen molar-refractivity contribution < 1.29 is 4.74 Å². The number of rotatable bonds is 4. The van der Waals surface area contributed by atoms with Crippen molar-refractivity contribution in [3.63, 3.8) is 0 Å². The first-order valence-corrected chi connectivity index (χ1v) is 10.8. The predicted octanol–water partition coefficient (Wildman–Crippen LogP) is 4.55. The summed E-state index contributed by atoms with van der Waals surface area (Å²) in [4.78, 5) is 15.2. The fourth-order valence-electron chi connectivity index (χ4n) is 4.36. The molecule has 2 aromatic heterocycles. The molecule has 0 unspecified atom stereocenters. The van der Waals surface area contributed by atoms with Crippen LogP contribution in [-0.2, 0) is 26.6 Å². The molecule has 0 aliphatic carbocycles. The number of fused-ring (bicyclic) bond motifs is 3. The zero-order chi connectivity index (χ0) is 21.5. The van der Waals surface area contributed by atoms with E-state index in [2.05, 4.69) is 35.7 Å². The Balaban J connectivity index is 1.43. The summed E-state index contributed by atoms with van der Waals surface area (Å²) in [5.41, 5.74) is 5.68. The maximum atomic E-state index is 12.8. The second kappa shape index (κ2) is 7.91. The predicted molar refractivity (Wildman–Crippen MR) is 124 cm³/mol. The van der Waals surface area contributed by atoms with Gasteiger partial charge in [-0.05, 0) is 48.5 Å². The van der Waals surface area contributed by atoms with Crippen molar-refractivity contribution in [1.82, 2.24) is 14.0 Å². The number of hydrogen-bond donors (Lipinski definition) is 0. The third kappa shape index (κ3) is 3.75. The highest BCUT2D eigenvalue weighted by molar-refractivity contribution is 6.30. The lowest BCUT2D eigenvalue weighted by molar-refractivity contribution is 0.305. The number of hydrogen-bond acceptors (Lipinski definition) is 3. The molecular weight excluding hydrogens is 410 g/mol. The van der Waals surface area contributed by atoms with Gasteiger partial charge in [0.05, 0.1) is 11.2 Å². The zero-order valence-electron chi connectivity index (χ0n) is 17.6. The summed E-state index contributed by atoms with van der Waals surface area (Å²) in [7, 11) is 4.28. The molecule has 31 heavy (non-hydrogen) atoms. The van der Waals surface area contributed by atoms with E-state index in [-0.39, 0.29) is 5.56 Å². The first kappa shape index (κ1) is 19.9. The molecule has 0 N–H and O–H groups in total. The molecule has 2 aromatic carbocycles. The standard InChI is InChI=1S/C25H24ClN3O2/c1-27-11-10-23-22(15-27)21-8-7-19(13-24(21)28(23)2)29-12-9-20(14-25(29)30)31-16-17-3-5-18(26)6-4-17/h3-9,12-14H,10-11,15-16H2,1-2H3. The molecule has 5 rings (SSSR count). The molecular formula is C25H24ClN3O2. The number of likely N-dealkylation sites (N-methyl/N-ethyl adjacent to an activating group) is 1. The van der Waals surface area contributed by atoms with Gasteiger partial charge >= 0.3 is 0 Å². The van der Waals surface area contributed by atoms with E-state index in [1.807, 2.05) is 36.4 Å². The van der Waals surface area contributed by atoms with E-state index in [1.54, 1.807) is 10.8 Å². The van der Waals surface area contributed by atoms with Crippen molar-refractivity contribution >= 4 is 22.5 Å². The number of benzene rings is 2. The second-order valence-corrected chi connectivity index (χ2v) is 8.60. The highest BCUT2D eigenvalue weighted by Crippen LogP contribution is 2.31. The van der Waals surface area contributed by atoms with Gasteiger partial charge in [0.1, 0.15) is 12.4 Å². The molecule has 0 radical (unpaired) electrons. The van der Waals surface area contributed by atoms with Crippen LogP contribution in [0.1, 0.15) is 16.8 Å². The van der Waals surface area contributed by atoms with Crippen LogP contribution in [0.4, 0.5) is 0 Å². The van der Waals surface area contributed by atoms with Gasteiger partial charge < -0.3 is 14.2 Å². The fourth-order valence-corrected chi connectivity index (χ4v) is 4.48. The fraction of sp³-hybridized carbons (Fsp3) is 0.240. The van der Waals surface area contributed by atoms with Gasteiger partial charge in [0.25, 0.3) is 5.56 Å². The number of halogens is 1. The summed E-state index contributed by atoms with van der Waals surface area (Å²) in [6.45, 7) is 2.42. The van der Waals surface area contributed by atoms with E-state index in [0.29, 0.717) is 17.4 Å². The topological polar surface area (TPSA) is 39.4 Å². The minimum atomic E-state index is -0.119. The summed E-state index contributed by atoms with van der Waals surface area (Å²) in [5.74, 6) is 0.551. The van der Waals surface area contributed by atoms with Crippen molar-refractivity contribution in [3.8, 4) is 11.4 Å². The van der Waals surface area contributed by atoms with Crippen molar-refractivity contribution in [2.75, 3.05) is 13.6 Å². The van der Waals surface area contributed by atoms with Gasteiger partial charge in [-0.3, -0.25) is 9.36 Å². The highest BCUT2D eigenvalue weighted by Gasteiger charge is 2.21. The maximum absolute atomic E-state index is 12.8. The monoisotopic (exact) mass is 433 g/mol. The largest absolute Gasteiger partial charge is 0.489 e. The molecule has 0 saturated carbocycles. The normalized spacial score (nSPS) is 14.0. The smallest absolute Gasteiger partial charge is 0.258 e. The van der Waals surface area contributed by atoms with E-state index >= 15 is 0 Å². The third-order valence-corrected chi connectivity index (χ3v) is 6.32. The molecule has 5 nitrogen and oxygen atoms in total. The van der Waals surface area contributed by atoms with Crippen LogP contribution in [0.25, 0.3) is 16.6 Å². The van der Waals surface area contributed by atoms with Gasteiger partial charge in [-0.25, -0.2) is 0 Å². The molecule has 0 spiro atoms. The van der Waals surface area contributed by atoms with E-state index in [1.165, 1.54) is 22.7 Å². The first-order chi connectivity index (χ1) is 15.0. The molecule has 0 saturated heterocycles. The van der Waals surface area contributed by atoms with Gasteiger partial charge in [0.2, 0.25) is 0 Å². The molecule has 158 valence electrons. The molecule has 4 aromatic rings. The van der Waals surface area contributed by atoms with E-state index in [0.717, 1.165) is 36.3 Å². The molecule has 1 aliphatic heterocycles. The highest BCUT2D eigenvalue weighted by atomic mass is 35.5. The Bertz CT molecular complexity index is 1320. The Hall–Kier alpha value is -3.02. The second-order valence-electron chi connectivity index (χ2n) is 8.16.